The molecule has 6 heteroatoms. The van der Waals surface area contributed by atoms with E-state index in [4.69, 9.17) is 9.47 Å². The molecule has 0 aliphatic carbocycles. The summed E-state index contributed by atoms with van der Waals surface area (Å²) in [7, 11) is 1.57. The van der Waals surface area contributed by atoms with Crippen molar-refractivity contribution in [2.24, 2.45) is 0 Å². The summed E-state index contributed by atoms with van der Waals surface area (Å²) in [6.07, 6.45) is 0. The average molecular weight is 390 g/mol. The Labute approximate surface area is 169 Å². The Morgan fingerprint density at radius 3 is 2.21 bits per heavy atom. The maximum atomic E-state index is 12.6. The number of hydrogen-bond donors (Lipinski definition) is 2. The molecule has 0 aromatic heterocycles. The van der Waals surface area contributed by atoms with Crippen LogP contribution in [0.4, 0.5) is 5.69 Å². The summed E-state index contributed by atoms with van der Waals surface area (Å²) in [5.74, 6) is 0.676. The van der Waals surface area contributed by atoms with Crippen molar-refractivity contribution in [3.05, 3.63) is 90.0 Å². The van der Waals surface area contributed by atoms with E-state index in [1.165, 1.54) is 0 Å². The first-order chi connectivity index (χ1) is 14.2. The lowest BCUT2D eigenvalue weighted by Crippen LogP contribution is -2.29. The van der Waals surface area contributed by atoms with Gasteiger partial charge in [0.2, 0.25) is 0 Å². The highest BCUT2D eigenvalue weighted by atomic mass is 16.5. The van der Waals surface area contributed by atoms with Crippen LogP contribution in [0.5, 0.6) is 11.5 Å². The summed E-state index contributed by atoms with van der Waals surface area (Å²) in [5, 5.41) is 5.60. The van der Waals surface area contributed by atoms with E-state index in [1.807, 2.05) is 18.2 Å². The van der Waals surface area contributed by atoms with Crippen LogP contribution < -0.4 is 20.1 Å². The van der Waals surface area contributed by atoms with Gasteiger partial charge in [-0.15, -0.1) is 0 Å². The van der Waals surface area contributed by atoms with Crippen molar-refractivity contribution in [3.8, 4) is 11.5 Å². The molecule has 3 aromatic rings. The fourth-order valence-corrected chi connectivity index (χ4v) is 2.73. The van der Waals surface area contributed by atoms with Crippen molar-refractivity contribution in [1.82, 2.24) is 5.32 Å². The Balaban J connectivity index is 1.58. The quantitative estimate of drug-likeness (QED) is 0.574. The third-order valence-electron chi connectivity index (χ3n) is 4.17. The van der Waals surface area contributed by atoms with Crippen LogP contribution >= 0.6 is 0 Å². The summed E-state index contributed by atoms with van der Waals surface area (Å²) in [4.78, 5) is 25.0. The highest BCUT2D eigenvalue weighted by Crippen LogP contribution is 2.25. The lowest BCUT2D eigenvalue weighted by molar-refractivity contribution is 0.0947. The van der Waals surface area contributed by atoms with Gasteiger partial charge < -0.3 is 20.1 Å². The molecule has 148 valence electrons. The molecule has 3 aromatic carbocycles. The predicted octanol–water partition coefficient (Wildman–Crippen LogP) is 3.76. The normalized spacial score (nSPS) is 10.1. The zero-order valence-electron chi connectivity index (χ0n) is 16.1. The SMILES string of the molecule is COc1ccccc1OCCNC(=O)c1ccccc1NC(=O)c1ccccc1. The first-order valence-corrected chi connectivity index (χ1v) is 9.18. The Morgan fingerprint density at radius 1 is 0.793 bits per heavy atom. The van der Waals surface area contributed by atoms with E-state index in [9.17, 15) is 9.59 Å². The molecule has 3 rings (SSSR count). The molecule has 0 fully saturated rings. The van der Waals surface area contributed by atoms with E-state index < -0.39 is 0 Å². The maximum absolute atomic E-state index is 12.6. The van der Waals surface area contributed by atoms with Crippen molar-refractivity contribution in [2.75, 3.05) is 25.6 Å². The molecule has 0 aliphatic rings. The molecule has 0 aliphatic heterocycles. The van der Waals surface area contributed by atoms with E-state index in [0.29, 0.717) is 34.9 Å². The molecule has 0 unspecified atom stereocenters. The molecule has 0 saturated heterocycles. The molecule has 6 nitrogen and oxygen atoms in total. The number of carbonyl (C=O) groups excluding carboxylic acids is 2. The second kappa shape index (κ2) is 9.94. The van der Waals surface area contributed by atoms with Crippen molar-refractivity contribution < 1.29 is 19.1 Å². The summed E-state index contributed by atoms with van der Waals surface area (Å²) in [6, 6.07) is 23.0. The van der Waals surface area contributed by atoms with E-state index in [-0.39, 0.29) is 18.4 Å². The number of methoxy groups -OCH3 is 1. The van der Waals surface area contributed by atoms with E-state index in [0.717, 1.165) is 0 Å². The lowest BCUT2D eigenvalue weighted by Gasteiger charge is -2.13. The first-order valence-electron chi connectivity index (χ1n) is 9.18. The molecular weight excluding hydrogens is 368 g/mol. The number of nitrogens with one attached hydrogen (secondary N) is 2. The van der Waals surface area contributed by atoms with Crippen molar-refractivity contribution in [1.29, 1.82) is 0 Å². The second-order valence-corrected chi connectivity index (χ2v) is 6.12. The third kappa shape index (κ3) is 5.35. The standard InChI is InChI=1S/C23H22N2O4/c1-28-20-13-7-8-14-21(20)29-16-15-24-23(27)18-11-5-6-12-19(18)25-22(26)17-9-3-2-4-10-17/h2-14H,15-16H2,1H3,(H,24,27)(H,25,26). The number of ether oxygens (including phenoxy) is 2. The number of hydrogen-bond acceptors (Lipinski definition) is 4. The molecular formula is C23H22N2O4. The van der Waals surface area contributed by atoms with Crippen molar-refractivity contribution in [3.63, 3.8) is 0 Å². The van der Waals surface area contributed by atoms with E-state index in [1.54, 1.807) is 67.8 Å². The highest BCUT2D eigenvalue weighted by Gasteiger charge is 2.13. The molecule has 0 spiro atoms. The number of anilines is 1. The molecule has 0 radical (unpaired) electrons. The van der Waals surface area contributed by atoms with Crippen LogP contribution in [-0.2, 0) is 0 Å². The number of para-hydroxylation sites is 3. The lowest BCUT2D eigenvalue weighted by atomic mass is 10.1. The molecule has 0 bridgehead atoms. The minimum absolute atomic E-state index is 0.273. The summed E-state index contributed by atoms with van der Waals surface area (Å²) in [5.41, 5.74) is 1.35. The molecule has 0 atom stereocenters. The topological polar surface area (TPSA) is 76.7 Å². The van der Waals surface area contributed by atoms with Crippen LogP contribution in [0.15, 0.2) is 78.9 Å². The molecule has 29 heavy (non-hydrogen) atoms. The van der Waals surface area contributed by atoms with Gasteiger partial charge in [0.05, 0.1) is 24.9 Å². The van der Waals surface area contributed by atoms with Crippen molar-refractivity contribution >= 4 is 17.5 Å². The molecule has 2 N–H and O–H groups in total. The molecule has 2 amide bonds. The fraction of sp³-hybridized carbons (Fsp3) is 0.130. The van der Waals surface area contributed by atoms with Gasteiger partial charge in [-0.1, -0.05) is 42.5 Å². The van der Waals surface area contributed by atoms with Gasteiger partial charge in [0.25, 0.3) is 11.8 Å². The van der Waals surface area contributed by atoms with Crippen LogP contribution in [0.1, 0.15) is 20.7 Å². The van der Waals surface area contributed by atoms with Crippen LogP contribution in [0, 0.1) is 0 Å². The van der Waals surface area contributed by atoms with Gasteiger partial charge in [-0.05, 0) is 36.4 Å². The van der Waals surface area contributed by atoms with Crippen LogP contribution in [-0.4, -0.2) is 32.1 Å². The molecule has 0 heterocycles. The van der Waals surface area contributed by atoms with Gasteiger partial charge >= 0.3 is 0 Å². The Bertz CT molecular complexity index is 973. The van der Waals surface area contributed by atoms with Crippen LogP contribution in [0.2, 0.25) is 0 Å². The van der Waals surface area contributed by atoms with Gasteiger partial charge in [0, 0.05) is 5.56 Å². The average Bonchev–Trinajstić information content (AvgIpc) is 2.77. The minimum Gasteiger partial charge on any atom is -0.493 e. The van der Waals surface area contributed by atoms with Gasteiger partial charge in [0.1, 0.15) is 6.61 Å². The van der Waals surface area contributed by atoms with Gasteiger partial charge in [-0.2, -0.15) is 0 Å². The van der Waals surface area contributed by atoms with E-state index >= 15 is 0 Å². The number of amides is 2. The smallest absolute Gasteiger partial charge is 0.255 e. The zero-order chi connectivity index (χ0) is 20.5. The predicted molar refractivity (Wildman–Crippen MR) is 112 cm³/mol. The fourth-order valence-electron chi connectivity index (χ4n) is 2.73. The summed E-state index contributed by atoms with van der Waals surface area (Å²) in [6.45, 7) is 0.586. The van der Waals surface area contributed by atoms with E-state index in [2.05, 4.69) is 10.6 Å². The largest absolute Gasteiger partial charge is 0.493 e. The van der Waals surface area contributed by atoms with Crippen LogP contribution in [0.3, 0.4) is 0 Å². The number of carbonyl (C=O) groups is 2. The monoisotopic (exact) mass is 390 g/mol. The summed E-state index contributed by atoms with van der Waals surface area (Å²) < 4.78 is 10.9. The number of benzene rings is 3. The Kier molecular flexibility index (Phi) is 6.84. The Hall–Kier alpha value is -3.80. The Morgan fingerprint density at radius 2 is 1.45 bits per heavy atom. The summed E-state index contributed by atoms with van der Waals surface area (Å²) >= 11 is 0. The maximum Gasteiger partial charge on any atom is 0.255 e. The zero-order valence-corrected chi connectivity index (χ0v) is 16.1. The number of rotatable bonds is 8. The van der Waals surface area contributed by atoms with Gasteiger partial charge in [0.15, 0.2) is 11.5 Å². The minimum atomic E-state index is -0.294. The third-order valence-corrected chi connectivity index (χ3v) is 4.17. The second-order valence-electron chi connectivity index (χ2n) is 6.12. The van der Waals surface area contributed by atoms with Crippen molar-refractivity contribution in [2.45, 2.75) is 0 Å². The van der Waals surface area contributed by atoms with Gasteiger partial charge in [-0.25, -0.2) is 0 Å². The first kappa shape index (κ1) is 19.9. The molecule has 0 saturated carbocycles. The van der Waals surface area contributed by atoms with Gasteiger partial charge in [-0.3, -0.25) is 9.59 Å². The van der Waals surface area contributed by atoms with Crippen LogP contribution in [0.25, 0.3) is 0 Å². The highest BCUT2D eigenvalue weighted by molar-refractivity contribution is 6.08.